The Morgan fingerprint density at radius 2 is 2.14 bits per heavy atom. The molecular formula is C8H7ClN2O2S. The van der Waals surface area contributed by atoms with E-state index in [0.29, 0.717) is 5.65 Å². The van der Waals surface area contributed by atoms with Gasteiger partial charge in [0.05, 0.1) is 0 Å². The number of halogens is 1. The molecule has 0 aliphatic heterocycles. The molecule has 0 aliphatic carbocycles. The summed E-state index contributed by atoms with van der Waals surface area (Å²) < 4.78 is 24.2. The van der Waals surface area contributed by atoms with E-state index in [1.165, 1.54) is 4.40 Å². The second-order valence-corrected chi connectivity index (χ2v) is 5.20. The summed E-state index contributed by atoms with van der Waals surface area (Å²) in [5.41, 5.74) is 0.526. The molecule has 0 aliphatic rings. The van der Waals surface area contributed by atoms with E-state index in [4.69, 9.17) is 11.6 Å². The summed E-state index contributed by atoms with van der Waals surface area (Å²) in [6.45, 7) is 0. The molecule has 0 fully saturated rings. The number of rotatable bonds is 1. The molecule has 4 nitrogen and oxygen atoms in total. The van der Waals surface area contributed by atoms with Crippen LogP contribution in [0.2, 0.25) is 5.15 Å². The highest BCUT2D eigenvalue weighted by molar-refractivity contribution is 7.90. The van der Waals surface area contributed by atoms with Gasteiger partial charge in [0.2, 0.25) is 0 Å². The smallest absolute Gasteiger partial charge is 0.194 e. The fourth-order valence-electron chi connectivity index (χ4n) is 1.28. The first-order valence-electron chi connectivity index (χ1n) is 3.83. The van der Waals surface area contributed by atoms with E-state index in [1.807, 2.05) is 0 Å². The van der Waals surface area contributed by atoms with E-state index in [2.05, 4.69) is 4.98 Å². The van der Waals surface area contributed by atoms with Crippen LogP contribution in [-0.2, 0) is 9.84 Å². The summed E-state index contributed by atoms with van der Waals surface area (Å²) in [7, 11) is -3.35. The van der Waals surface area contributed by atoms with Crippen molar-refractivity contribution < 1.29 is 8.42 Å². The maximum absolute atomic E-state index is 11.4. The number of nitrogens with zero attached hydrogens (tertiary/aromatic N) is 2. The van der Waals surface area contributed by atoms with Crippen LogP contribution < -0.4 is 0 Å². The minimum atomic E-state index is -3.35. The number of aromatic nitrogens is 2. The first-order chi connectivity index (χ1) is 6.50. The highest BCUT2D eigenvalue weighted by Crippen LogP contribution is 2.21. The van der Waals surface area contributed by atoms with E-state index in [9.17, 15) is 8.42 Å². The fourth-order valence-corrected chi connectivity index (χ4v) is 2.74. The quantitative estimate of drug-likeness (QED) is 0.744. The summed E-state index contributed by atoms with van der Waals surface area (Å²) in [4.78, 5) is 3.93. The summed E-state index contributed by atoms with van der Waals surface area (Å²) in [6.07, 6.45) is 2.72. The van der Waals surface area contributed by atoms with Crippen molar-refractivity contribution in [3.05, 3.63) is 29.5 Å². The van der Waals surface area contributed by atoms with Crippen molar-refractivity contribution in [2.24, 2.45) is 0 Å². The zero-order valence-electron chi connectivity index (χ0n) is 7.31. The summed E-state index contributed by atoms with van der Waals surface area (Å²) in [6, 6.07) is 5.19. The van der Waals surface area contributed by atoms with Crippen molar-refractivity contribution >= 4 is 27.1 Å². The summed E-state index contributed by atoms with van der Waals surface area (Å²) in [5, 5.41) is 0.0495. The lowest BCUT2D eigenvalue weighted by molar-refractivity contribution is 0.597. The third-order valence-electron chi connectivity index (χ3n) is 1.80. The molecule has 0 spiro atoms. The van der Waals surface area contributed by atoms with E-state index in [0.717, 1.165) is 6.26 Å². The topological polar surface area (TPSA) is 51.4 Å². The molecule has 0 aromatic carbocycles. The van der Waals surface area contributed by atoms with Gasteiger partial charge in [0.1, 0.15) is 5.65 Å². The minimum absolute atomic E-state index is 0.0127. The third-order valence-corrected chi connectivity index (χ3v) is 3.27. The number of imidazole rings is 1. The molecule has 2 heterocycles. The Balaban J connectivity index is 2.95. The van der Waals surface area contributed by atoms with Crippen molar-refractivity contribution in [1.82, 2.24) is 9.38 Å². The van der Waals surface area contributed by atoms with Gasteiger partial charge < -0.3 is 0 Å². The van der Waals surface area contributed by atoms with Crippen LogP contribution in [0.1, 0.15) is 0 Å². The average Bonchev–Trinajstić information content (AvgIpc) is 2.38. The van der Waals surface area contributed by atoms with Crippen LogP contribution in [0.4, 0.5) is 0 Å². The second-order valence-electron chi connectivity index (χ2n) is 2.91. The van der Waals surface area contributed by atoms with Crippen LogP contribution in [0.15, 0.2) is 29.4 Å². The van der Waals surface area contributed by atoms with E-state index < -0.39 is 9.84 Å². The molecule has 0 N–H and O–H groups in total. The molecule has 6 heteroatoms. The van der Waals surface area contributed by atoms with Crippen molar-refractivity contribution in [2.45, 2.75) is 5.03 Å². The normalized spacial score (nSPS) is 12.1. The van der Waals surface area contributed by atoms with Gasteiger partial charge in [0.25, 0.3) is 0 Å². The van der Waals surface area contributed by atoms with Crippen molar-refractivity contribution in [3.8, 4) is 0 Å². The average molecular weight is 231 g/mol. The van der Waals surface area contributed by atoms with Crippen molar-refractivity contribution in [2.75, 3.05) is 6.26 Å². The number of hydrogen-bond acceptors (Lipinski definition) is 3. The Labute approximate surface area is 86.1 Å². The summed E-state index contributed by atoms with van der Waals surface area (Å²) >= 11 is 5.74. The van der Waals surface area contributed by atoms with Gasteiger partial charge in [-0.2, -0.15) is 0 Å². The molecule has 14 heavy (non-hydrogen) atoms. The molecule has 2 aromatic heterocycles. The van der Waals surface area contributed by atoms with Crippen LogP contribution in [0, 0.1) is 0 Å². The molecule has 2 rings (SSSR count). The zero-order chi connectivity index (χ0) is 10.3. The first kappa shape index (κ1) is 9.48. The molecule has 0 atom stereocenters. The van der Waals surface area contributed by atoms with Crippen molar-refractivity contribution in [3.63, 3.8) is 0 Å². The maximum Gasteiger partial charge on any atom is 0.194 e. The van der Waals surface area contributed by atoms with E-state index >= 15 is 0 Å². The molecule has 0 saturated carbocycles. The van der Waals surface area contributed by atoms with E-state index in [-0.39, 0.29) is 10.2 Å². The number of hydrogen-bond donors (Lipinski definition) is 0. The highest BCUT2D eigenvalue weighted by atomic mass is 35.5. The maximum atomic E-state index is 11.4. The zero-order valence-corrected chi connectivity index (χ0v) is 8.88. The second kappa shape index (κ2) is 2.96. The molecule has 0 saturated heterocycles. The molecule has 0 radical (unpaired) electrons. The third kappa shape index (κ3) is 1.38. The van der Waals surface area contributed by atoms with Gasteiger partial charge in [-0.15, -0.1) is 0 Å². The van der Waals surface area contributed by atoms with Crippen LogP contribution >= 0.6 is 11.6 Å². The largest absolute Gasteiger partial charge is 0.289 e. The number of sulfone groups is 1. The highest BCUT2D eigenvalue weighted by Gasteiger charge is 2.19. The Kier molecular flexibility index (Phi) is 2.01. The van der Waals surface area contributed by atoms with Gasteiger partial charge in [-0.25, -0.2) is 13.4 Å². The first-order valence-corrected chi connectivity index (χ1v) is 6.10. The minimum Gasteiger partial charge on any atom is -0.289 e. The van der Waals surface area contributed by atoms with Gasteiger partial charge in [0.15, 0.2) is 20.0 Å². The molecule has 74 valence electrons. The van der Waals surface area contributed by atoms with Crippen LogP contribution in [0.25, 0.3) is 5.65 Å². The number of fused-ring (bicyclic) bond motifs is 1. The van der Waals surface area contributed by atoms with Gasteiger partial charge in [-0.3, -0.25) is 4.40 Å². The molecule has 0 amide bonds. The molecule has 2 aromatic rings. The number of pyridine rings is 1. The Hall–Kier alpha value is -1.07. The van der Waals surface area contributed by atoms with Gasteiger partial charge in [0, 0.05) is 12.5 Å². The molecular weight excluding hydrogens is 224 g/mol. The fraction of sp³-hybridized carbons (Fsp3) is 0.125. The van der Waals surface area contributed by atoms with Crippen LogP contribution in [0.5, 0.6) is 0 Å². The Morgan fingerprint density at radius 3 is 2.79 bits per heavy atom. The monoisotopic (exact) mass is 230 g/mol. The van der Waals surface area contributed by atoms with Gasteiger partial charge in [-0.1, -0.05) is 17.7 Å². The predicted molar refractivity (Wildman–Crippen MR) is 53.3 cm³/mol. The van der Waals surface area contributed by atoms with E-state index in [1.54, 1.807) is 24.4 Å². The van der Waals surface area contributed by atoms with Crippen molar-refractivity contribution in [1.29, 1.82) is 0 Å². The summed E-state index contributed by atoms with van der Waals surface area (Å²) in [5.74, 6) is 0. The van der Waals surface area contributed by atoms with Gasteiger partial charge >= 0.3 is 0 Å². The van der Waals surface area contributed by atoms with Crippen LogP contribution in [-0.4, -0.2) is 24.1 Å². The lowest BCUT2D eigenvalue weighted by atomic mass is 10.5. The standard InChI is InChI=1S/C8H7ClN2O2S/c1-14(12,13)8-7(9)10-6-4-2-3-5-11(6)8/h2-5H,1H3. The molecule has 0 bridgehead atoms. The molecule has 0 unspecified atom stereocenters. The van der Waals surface area contributed by atoms with Gasteiger partial charge in [-0.05, 0) is 12.1 Å². The Bertz CT molecular complexity index is 588. The SMILES string of the molecule is CS(=O)(=O)c1c(Cl)nc2ccccn12. The predicted octanol–water partition coefficient (Wildman–Crippen LogP) is 1.39. The lowest BCUT2D eigenvalue weighted by Crippen LogP contribution is -2.01. The van der Waals surface area contributed by atoms with Crippen LogP contribution in [0.3, 0.4) is 0 Å². The lowest BCUT2D eigenvalue weighted by Gasteiger charge is -1.97. The Morgan fingerprint density at radius 1 is 1.43 bits per heavy atom.